The lowest BCUT2D eigenvalue weighted by atomic mass is 10.2. The molecule has 0 rings (SSSR count). The average Bonchev–Trinajstić information content (AvgIpc) is 2.62. The summed E-state index contributed by atoms with van der Waals surface area (Å²) in [6, 6.07) is -2.05. The van der Waals surface area contributed by atoms with E-state index < -0.39 is 36.0 Å². The van der Waals surface area contributed by atoms with Gasteiger partial charge in [0.2, 0.25) is 0 Å². The highest BCUT2D eigenvalue weighted by Crippen LogP contribution is 1.99. The van der Waals surface area contributed by atoms with E-state index in [0.717, 1.165) is 17.3 Å². The van der Waals surface area contributed by atoms with Gasteiger partial charge in [0.05, 0.1) is 0 Å². The Morgan fingerprint density at radius 3 is 0.926 bits per heavy atom. The molecule has 0 saturated heterocycles. The highest BCUT2D eigenvalue weighted by molar-refractivity contribution is 7.98. The van der Waals surface area contributed by atoms with E-state index >= 15 is 0 Å². The molecule has 0 amide bonds. The molecule has 0 radical (unpaired) electrons. The van der Waals surface area contributed by atoms with Gasteiger partial charge >= 0.3 is 17.9 Å². The van der Waals surface area contributed by atoms with Crippen molar-refractivity contribution < 1.29 is 29.7 Å². The van der Waals surface area contributed by atoms with Crippen molar-refractivity contribution >= 4 is 53.2 Å². The average molecular weight is 448 g/mol. The fourth-order valence-corrected chi connectivity index (χ4v) is 2.57. The molecule has 0 aromatic rings. The van der Waals surface area contributed by atoms with E-state index in [1.165, 1.54) is 0 Å². The second-order valence-corrected chi connectivity index (χ2v) is 8.14. The van der Waals surface area contributed by atoms with E-state index in [2.05, 4.69) is 0 Å². The molecule has 3 atom stereocenters. The minimum Gasteiger partial charge on any atom is -0.480 e. The van der Waals surface area contributed by atoms with E-state index in [4.69, 9.17) is 32.5 Å². The van der Waals surface area contributed by atoms with Gasteiger partial charge in [-0.25, -0.2) is 0 Å². The summed E-state index contributed by atoms with van der Waals surface area (Å²) >= 11 is 4.81. The highest BCUT2D eigenvalue weighted by Gasteiger charge is 2.10. The molecule has 0 aliphatic heterocycles. The number of aliphatic carboxylic acids is 3. The van der Waals surface area contributed by atoms with Crippen molar-refractivity contribution in [2.45, 2.75) is 37.4 Å². The van der Waals surface area contributed by atoms with Crippen LogP contribution in [0, 0.1) is 0 Å². The molecular weight excluding hydrogens is 414 g/mol. The predicted octanol–water partition coefficient (Wildman–Crippen LogP) is 0.454. The van der Waals surface area contributed by atoms with Crippen molar-refractivity contribution in [3.05, 3.63) is 0 Å². The van der Waals surface area contributed by atoms with Crippen molar-refractivity contribution in [3.8, 4) is 0 Å². The Bertz CT molecular complexity index is 348. The number of carboxylic acid groups (broad SMARTS) is 3. The third kappa shape index (κ3) is 25.3. The minimum absolute atomic E-state index is 0.552. The van der Waals surface area contributed by atoms with Crippen LogP contribution in [0.15, 0.2) is 0 Å². The lowest BCUT2D eigenvalue weighted by Crippen LogP contribution is -2.30. The maximum Gasteiger partial charge on any atom is 0.320 e. The quantitative estimate of drug-likeness (QED) is 0.242. The van der Waals surface area contributed by atoms with Crippen LogP contribution in [0.1, 0.15) is 19.3 Å². The number of hydrogen-bond donors (Lipinski definition) is 6. The molecule has 0 aromatic heterocycles. The van der Waals surface area contributed by atoms with Crippen LogP contribution in [0.3, 0.4) is 0 Å². The Kier molecular flexibility index (Phi) is 24.9. The van der Waals surface area contributed by atoms with Crippen LogP contribution < -0.4 is 17.2 Å². The normalized spacial score (nSPS) is 13.1. The molecule has 27 heavy (non-hydrogen) atoms. The first-order chi connectivity index (χ1) is 12.5. The number of hydrogen-bond acceptors (Lipinski definition) is 9. The van der Waals surface area contributed by atoms with Crippen LogP contribution in [-0.2, 0) is 14.4 Å². The molecule has 0 fully saturated rings. The van der Waals surface area contributed by atoms with Crippen LogP contribution in [0.5, 0.6) is 0 Å². The number of nitrogens with two attached hydrogens (primary N) is 3. The summed E-state index contributed by atoms with van der Waals surface area (Å²) in [5.74, 6) is -0.300. The van der Waals surface area contributed by atoms with Crippen LogP contribution in [0.4, 0.5) is 0 Å². The Morgan fingerprint density at radius 1 is 0.630 bits per heavy atom. The van der Waals surface area contributed by atoms with Crippen LogP contribution >= 0.6 is 35.3 Å². The fourth-order valence-electron chi connectivity index (χ4n) is 1.10. The van der Waals surface area contributed by atoms with Crippen LogP contribution in [0.25, 0.3) is 0 Å². The highest BCUT2D eigenvalue weighted by atomic mass is 32.2. The minimum atomic E-state index is -0.913. The molecule has 0 aromatic carbocycles. The Labute approximate surface area is 173 Å². The molecule has 0 bridgehead atoms. The van der Waals surface area contributed by atoms with Gasteiger partial charge < -0.3 is 32.5 Å². The van der Waals surface area contributed by atoms with Gasteiger partial charge in [-0.3, -0.25) is 14.4 Å². The number of thioether (sulfide) groups is 3. The van der Waals surface area contributed by atoms with Crippen molar-refractivity contribution in [1.82, 2.24) is 0 Å². The second-order valence-electron chi connectivity index (χ2n) is 5.18. The third-order valence-electron chi connectivity index (χ3n) is 2.85. The van der Waals surface area contributed by atoms with Gasteiger partial charge in [0.1, 0.15) is 18.1 Å². The first-order valence-electron chi connectivity index (χ1n) is 7.96. The first kappa shape index (κ1) is 31.0. The first-order valence-corrected chi connectivity index (χ1v) is 12.1. The van der Waals surface area contributed by atoms with Crippen molar-refractivity contribution in [3.63, 3.8) is 0 Å². The predicted molar refractivity (Wildman–Crippen MR) is 116 cm³/mol. The third-order valence-corrected chi connectivity index (χ3v) is 4.78. The molecule has 2 unspecified atom stereocenters. The zero-order valence-electron chi connectivity index (χ0n) is 16.0. The molecule has 0 aliphatic carbocycles. The molecule has 162 valence electrons. The smallest absolute Gasteiger partial charge is 0.320 e. The summed E-state index contributed by atoms with van der Waals surface area (Å²) in [4.78, 5) is 30.2. The van der Waals surface area contributed by atoms with Gasteiger partial charge in [-0.1, -0.05) is 0 Å². The van der Waals surface area contributed by atoms with Crippen LogP contribution in [0.2, 0.25) is 0 Å². The van der Waals surface area contributed by atoms with Crippen molar-refractivity contribution in [1.29, 1.82) is 0 Å². The maximum atomic E-state index is 10.1. The van der Waals surface area contributed by atoms with Crippen LogP contribution in [-0.4, -0.2) is 87.4 Å². The molecule has 0 saturated carbocycles. The largest absolute Gasteiger partial charge is 0.480 e. The lowest BCUT2D eigenvalue weighted by molar-refractivity contribution is -0.139. The summed E-state index contributed by atoms with van der Waals surface area (Å²) < 4.78 is 0. The Hall–Kier alpha value is -0.660. The summed E-state index contributed by atoms with van der Waals surface area (Å²) in [7, 11) is 0. The molecule has 9 nitrogen and oxygen atoms in total. The molecular formula is C15H33N3O6S3. The van der Waals surface area contributed by atoms with Gasteiger partial charge in [0.25, 0.3) is 0 Å². The molecule has 0 heterocycles. The van der Waals surface area contributed by atoms with E-state index in [1.807, 2.05) is 18.8 Å². The van der Waals surface area contributed by atoms with Gasteiger partial charge in [-0.15, -0.1) is 0 Å². The van der Waals surface area contributed by atoms with E-state index in [9.17, 15) is 14.4 Å². The zero-order chi connectivity index (χ0) is 21.8. The van der Waals surface area contributed by atoms with E-state index in [1.54, 1.807) is 35.3 Å². The summed E-state index contributed by atoms with van der Waals surface area (Å²) in [6.07, 6.45) is 7.43. The molecule has 12 heteroatoms. The summed E-state index contributed by atoms with van der Waals surface area (Å²) in [6.45, 7) is 0. The van der Waals surface area contributed by atoms with E-state index in [0.29, 0.717) is 19.3 Å². The van der Waals surface area contributed by atoms with E-state index in [-0.39, 0.29) is 0 Å². The van der Waals surface area contributed by atoms with Gasteiger partial charge in [0, 0.05) is 0 Å². The summed E-state index contributed by atoms with van der Waals surface area (Å²) in [5.41, 5.74) is 15.6. The van der Waals surface area contributed by atoms with Gasteiger partial charge in [0.15, 0.2) is 0 Å². The monoisotopic (exact) mass is 447 g/mol. The number of carboxylic acids is 3. The SMILES string of the molecule is CSCCC(N)C(=O)O.CSCCC(N)C(=O)O.CSCC[C@H](N)C(=O)O. The number of carbonyl (C=O) groups is 3. The maximum absolute atomic E-state index is 10.1. The van der Waals surface area contributed by atoms with Crippen molar-refractivity contribution in [2.24, 2.45) is 17.2 Å². The lowest BCUT2D eigenvalue weighted by Gasteiger charge is -2.02. The van der Waals surface area contributed by atoms with Gasteiger partial charge in [-0.05, 0) is 55.3 Å². The zero-order valence-corrected chi connectivity index (χ0v) is 18.4. The van der Waals surface area contributed by atoms with Crippen molar-refractivity contribution in [2.75, 3.05) is 36.0 Å². The molecule has 0 aliphatic rings. The summed E-state index contributed by atoms with van der Waals surface area (Å²) in [5, 5.41) is 24.8. The molecule has 0 spiro atoms. The Balaban J connectivity index is -0.000000320. The topological polar surface area (TPSA) is 190 Å². The number of rotatable bonds is 12. The fraction of sp³-hybridized carbons (Fsp3) is 0.800. The Morgan fingerprint density at radius 2 is 0.815 bits per heavy atom. The molecule has 9 N–H and O–H groups in total. The second kappa shape index (κ2) is 21.6. The standard InChI is InChI=1S/3C5H11NO2S/c3*1-9-3-2-4(6)5(7)8/h3*4H,2-3,6H2,1H3,(H,7,8)/t4-;;/m0../s1. The van der Waals surface area contributed by atoms with Gasteiger partial charge in [-0.2, -0.15) is 35.3 Å².